The quantitative estimate of drug-likeness (QED) is 0.698. The lowest BCUT2D eigenvalue weighted by Crippen LogP contribution is -1.98. The van der Waals surface area contributed by atoms with Crippen LogP contribution in [-0.4, -0.2) is 19.7 Å². The Bertz CT molecular complexity index is 982. The molecule has 0 saturated carbocycles. The highest BCUT2D eigenvalue weighted by Crippen LogP contribution is 2.37. The molecule has 0 spiro atoms. The van der Waals surface area contributed by atoms with Gasteiger partial charge in [-0.15, -0.1) is 0 Å². The van der Waals surface area contributed by atoms with E-state index in [0.29, 0.717) is 40.6 Å². The van der Waals surface area contributed by atoms with Gasteiger partial charge in [0, 0.05) is 19.4 Å². The van der Waals surface area contributed by atoms with Gasteiger partial charge in [-0.05, 0) is 30.7 Å². The summed E-state index contributed by atoms with van der Waals surface area (Å²) in [5.74, 6) is 1.07. The molecule has 0 amide bonds. The average molecular weight is 346 g/mol. The van der Waals surface area contributed by atoms with Gasteiger partial charge in [0.15, 0.2) is 0 Å². The molecule has 2 heterocycles. The van der Waals surface area contributed by atoms with E-state index in [1.54, 1.807) is 37.6 Å². The molecule has 1 aromatic carbocycles. The van der Waals surface area contributed by atoms with Crippen LogP contribution in [0.1, 0.15) is 23.7 Å². The summed E-state index contributed by atoms with van der Waals surface area (Å²) >= 11 is 0. The summed E-state index contributed by atoms with van der Waals surface area (Å²) in [6, 6.07) is 10.5. The molecular formula is C18H14N6O2. The molecule has 0 radical (unpaired) electrons. The van der Waals surface area contributed by atoms with Gasteiger partial charge in [-0.3, -0.25) is 0 Å². The summed E-state index contributed by atoms with van der Waals surface area (Å²) in [5, 5.41) is 22.6. The smallest absolute Gasteiger partial charge is 0.323 e. The first-order valence-electron chi connectivity index (χ1n) is 7.78. The topological polar surface area (TPSA) is 110 Å². The van der Waals surface area contributed by atoms with Crippen molar-refractivity contribution in [2.45, 2.75) is 13.3 Å². The lowest BCUT2D eigenvalue weighted by atomic mass is 10.1. The molecule has 0 bridgehead atoms. The number of ether oxygens (including phenoxy) is 2. The van der Waals surface area contributed by atoms with Gasteiger partial charge in [-0.1, -0.05) is 6.92 Å². The fourth-order valence-corrected chi connectivity index (χ4v) is 2.32. The highest BCUT2D eigenvalue weighted by molar-refractivity contribution is 5.49. The maximum Gasteiger partial charge on any atom is 0.323 e. The standard InChI is InChI=1S/C18H14N6O2/c1-3-15-16(25-14-8-12(10-19)7-13(9-14)11-20)17(24(2)23-15)26-18-21-5-4-6-22-18/h4-9H,3H2,1-2H3. The average Bonchev–Trinajstić information content (AvgIpc) is 2.97. The first-order valence-corrected chi connectivity index (χ1v) is 7.78. The van der Waals surface area contributed by atoms with Crippen LogP contribution in [-0.2, 0) is 13.5 Å². The Labute approximate surface area is 149 Å². The van der Waals surface area contributed by atoms with Crippen molar-refractivity contribution in [3.63, 3.8) is 0 Å². The molecule has 3 rings (SSSR count). The summed E-state index contributed by atoms with van der Waals surface area (Å²) in [7, 11) is 1.72. The van der Waals surface area contributed by atoms with E-state index in [9.17, 15) is 0 Å². The van der Waals surface area contributed by atoms with E-state index in [1.807, 2.05) is 19.1 Å². The van der Waals surface area contributed by atoms with Gasteiger partial charge in [0.1, 0.15) is 11.4 Å². The van der Waals surface area contributed by atoms with Crippen molar-refractivity contribution in [1.82, 2.24) is 19.7 Å². The van der Waals surface area contributed by atoms with E-state index >= 15 is 0 Å². The Morgan fingerprint density at radius 1 is 1.04 bits per heavy atom. The first-order chi connectivity index (χ1) is 12.6. The molecule has 2 aromatic heterocycles. The molecular weight excluding hydrogens is 332 g/mol. The van der Waals surface area contributed by atoms with Crippen molar-refractivity contribution in [3.8, 4) is 35.5 Å². The molecule has 128 valence electrons. The Morgan fingerprint density at radius 2 is 1.69 bits per heavy atom. The Balaban J connectivity index is 2.02. The molecule has 8 heteroatoms. The second-order valence-electron chi connectivity index (χ2n) is 5.26. The summed E-state index contributed by atoms with van der Waals surface area (Å²) < 4.78 is 13.2. The number of aryl methyl sites for hydroxylation is 2. The van der Waals surface area contributed by atoms with Crippen LogP contribution in [0.5, 0.6) is 23.4 Å². The van der Waals surface area contributed by atoms with E-state index in [-0.39, 0.29) is 6.01 Å². The lowest BCUT2D eigenvalue weighted by Gasteiger charge is -2.09. The zero-order valence-electron chi connectivity index (χ0n) is 14.2. The molecule has 26 heavy (non-hydrogen) atoms. The molecule has 0 saturated heterocycles. The number of aromatic nitrogens is 4. The van der Waals surface area contributed by atoms with Crippen LogP contribution in [0, 0.1) is 22.7 Å². The van der Waals surface area contributed by atoms with Crippen LogP contribution in [0.25, 0.3) is 0 Å². The normalized spacial score (nSPS) is 10.0. The molecule has 0 unspecified atom stereocenters. The lowest BCUT2D eigenvalue weighted by molar-refractivity contribution is 0.370. The van der Waals surface area contributed by atoms with E-state index in [0.717, 1.165) is 0 Å². The van der Waals surface area contributed by atoms with E-state index in [2.05, 4.69) is 15.1 Å². The van der Waals surface area contributed by atoms with Crippen molar-refractivity contribution in [3.05, 3.63) is 53.5 Å². The summed E-state index contributed by atoms with van der Waals surface area (Å²) in [6.07, 6.45) is 3.73. The summed E-state index contributed by atoms with van der Waals surface area (Å²) in [6.45, 7) is 1.93. The van der Waals surface area contributed by atoms with Crippen LogP contribution in [0.15, 0.2) is 36.7 Å². The second kappa shape index (κ2) is 7.32. The van der Waals surface area contributed by atoms with Gasteiger partial charge in [-0.2, -0.15) is 15.6 Å². The minimum atomic E-state index is 0.159. The van der Waals surface area contributed by atoms with Crippen molar-refractivity contribution < 1.29 is 9.47 Å². The highest BCUT2D eigenvalue weighted by Gasteiger charge is 2.21. The zero-order valence-corrected chi connectivity index (χ0v) is 14.2. The molecule has 0 aliphatic heterocycles. The van der Waals surface area contributed by atoms with Crippen LogP contribution in [0.4, 0.5) is 0 Å². The number of rotatable bonds is 5. The second-order valence-corrected chi connectivity index (χ2v) is 5.26. The van der Waals surface area contributed by atoms with Crippen LogP contribution in [0.3, 0.4) is 0 Å². The van der Waals surface area contributed by atoms with E-state index < -0.39 is 0 Å². The number of hydrogen-bond donors (Lipinski definition) is 0. The third-order valence-electron chi connectivity index (χ3n) is 3.47. The fourth-order valence-electron chi connectivity index (χ4n) is 2.32. The van der Waals surface area contributed by atoms with Gasteiger partial charge in [0.25, 0.3) is 5.88 Å². The highest BCUT2D eigenvalue weighted by atomic mass is 16.5. The first kappa shape index (κ1) is 16.9. The molecule has 0 N–H and O–H groups in total. The largest absolute Gasteiger partial charge is 0.450 e. The summed E-state index contributed by atoms with van der Waals surface area (Å²) in [5.41, 5.74) is 1.32. The number of nitriles is 2. The Hall–Kier alpha value is -3.91. The molecule has 0 atom stereocenters. The van der Waals surface area contributed by atoms with Gasteiger partial charge in [0.05, 0.1) is 23.3 Å². The molecule has 0 fully saturated rings. The third-order valence-corrected chi connectivity index (χ3v) is 3.47. The molecule has 0 aliphatic rings. The zero-order chi connectivity index (χ0) is 18.5. The van der Waals surface area contributed by atoms with Crippen molar-refractivity contribution in [2.75, 3.05) is 0 Å². The Morgan fingerprint density at radius 3 is 2.27 bits per heavy atom. The van der Waals surface area contributed by atoms with Gasteiger partial charge in [0.2, 0.25) is 5.75 Å². The minimum Gasteiger partial charge on any atom is -0.450 e. The number of hydrogen-bond acceptors (Lipinski definition) is 7. The van der Waals surface area contributed by atoms with Gasteiger partial charge in [-0.25, -0.2) is 14.6 Å². The van der Waals surface area contributed by atoms with Crippen LogP contribution >= 0.6 is 0 Å². The van der Waals surface area contributed by atoms with Crippen molar-refractivity contribution >= 4 is 0 Å². The van der Waals surface area contributed by atoms with E-state index in [4.69, 9.17) is 20.0 Å². The Kier molecular flexibility index (Phi) is 4.77. The molecule has 3 aromatic rings. The third kappa shape index (κ3) is 3.45. The molecule has 0 aliphatic carbocycles. The van der Waals surface area contributed by atoms with Gasteiger partial charge < -0.3 is 9.47 Å². The monoisotopic (exact) mass is 346 g/mol. The predicted octanol–water partition coefficient (Wildman–Crippen LogP) is 3.10. The maximum atomic E-state index is 9.13. The maximum absolute atomic E-state index is 9.13. The van der Waals surface area contributed by atoms with Crippen LogP contribution < -0.4 is 9.47 Å². The number of benzene rings is 1. The minimum absolute atomic E-state index is 0.159. The summed E-state index contributed by atoms with van der Waals surface area (Å²) in [4.78, 5) is 8.07. The predicted molar refractivity (Wildman–Crippen MR) is 90.6 cm³/mol. The molecule has 8 nitrogen and oxygen atoms in total. The number of nitrogens with zero attached hydrogens (tertiary/aromatic N) is 6. The van der Waals surface area contributed by atoms with Crippen molar-refractivity contribution in [1.29, 1.82) is 10.5 Å². The van der Waals surface area contributed by atoms with Crippen molar-refractivity contribution in [2.24, 2.45) is 7.05 Å². The fraction of sp³-hybridized carbons (Fsp3) is 0.167. The van der Waals surface area contributed by atoms with Gasteiger partial charge >= 0.3 is 6.01 Å². The van der Waals surface area contributed by atoms with E-state index in [1.165, 1.54) is 10.7 Å². The SMILES string of the molecule is CCc1nn(C)c(Oc2ncccn2)c1Oc1cc(C#N)cc(C#N)c1. The van der Waals surface area contributed by atoms with Crippen LogP contribution in [0.2, 0.25) is 0 Å².